The first-order chi connectivity index (χ1) is 5.19. The zero-order valence-electron chi connectivity index (χ0n) is 6.59. The standard InChI is InChI=1S/C7H13NO3/c1-2-3-8-6(9)7(10)4-11-5-7/h10H,2-5H2,1H3,(H,8,9). The molecule has 0 unspecified atom stereocenters. The van der Waals surface area contributed by atoms with Crippen LogP contribution in [0.15, 0.2) is 0 Å². The van der Waals surface area contributed by atoms with E-state index in [1.807, 2.05) is 6.92 Å². The van der Waals surface area contributed by atoms with E-state index in [1.165, 1.54) is 0 Å². The Balaban J connectivity index is 2.28. The normalized spacial score (nSPS) is 20.5. The third kappa shape index (κ3) is 1.70. The summed E-state index contributed by atoms with van der Waals surface area (Å²) in [6, 6.07) is 0. The van der Waals surface area contributed by atoms with Crippen LogP contribution in [0.5, 0.6) is 0 Å². The van der Waals surface area contributed by atoms with Crippen LogP contribution in [0.4, 0.5) is 0 Å². The minimum Gasteiger partial charge on any atom is -0.376 e. The molecule has 11 heavy (non-hydrogen) atoms. The molecule has 0 saturated carbocycles. The Morgan fingerprint density at radius 1 is 1.73 bits per heavy atom. The smallest absolute Gasteiger partial charge is 0.256 e. The average molecular weight is 159 g/mol. The fraction of sp³-hybridized carbons (Fsp3) is 0.857. The minimum absolute atomic E-state index is 0.128. The van der Waals surface area contributed by atoms with Crippen molar-refractivity contribution in [3.63, 3.8) is 0 Å². The van der Waals surface area contributed by atoms with Gasteiger partial charge >= 0.3 is 0 Å². The SMILES string of the molecule is CCCNC(=O)C1(O)COC1. The third-order valence-electron chi connectivity index (χ3n) is 1.64. The van der Waals surface area contributed by atoms with E-state index in [-0.39, 0.29) is 19.1 Å². The number of amides is 1. The highest BCUT2D eigenvalue weighted by molar-refractivity contribution is 5.86. The lowest BCUT2D eigenvalue weighted by molar-refractivity contribution is -0.190. The van der Waals surface area contributed by atoms with Gasteiger partial charge in [0.2, 0.25) is 0 Å². The van der Waals surface area contributed by atoms with Gasteiger partial charge in [0.1, 0.15) is 0 Å². The number of carbonyl (C=O) groups excluding carboxylic acids is 1. The summed E-state index contributed by atoms with van der Waals surface area (Å²) in [5.41, 5.74) is -1.24. The molecule has 0 radical (unpaired) electrons. The number of hydrogen-bond acceptors (Lipinski definition) is 3. The third-order valence-corrected chi connectivity index (χ3v) is 1.64. The molecule has 1 aliphatic rings. The van der Waals surface area contributed by atoms with E-state index in [4.69, 9.17) is 4.74 Å². The lowest BCUT2D eigenvalue weighted by Gasteiger charge is -2.34. The van der Waals surface area contributed by atoms with Crippen molar-refractivity contribution in [1.29, 1.82) is 0 Å². The minimum atomic E-state index is -1.24. The molecule has 0 aromatic heterocycles. The highest BCUT2D eigenvalue weighted by atomic mass is 16.5. The van der Waals surface area contributed by atoms with Crippen LogP contribution in [0, 0.1) is 0 Å². The van der Waals surface area contributed by atoms with Gasteiger partial charge in [-0.15, -0.1) is 0 Å². The van der Waals surface area contributed by atoms with Crippen LogP contribution >= 0.6 is 0 Å². The zero-order chi connectivity index (χ0) is 8.32. The van der Waals surface area contributed by atoms with Gasteiger partial charge in [0.05, 0.1) is 13.2 Å². The summed E-state index contributed by atoms with van der Waals surface area (Å²) in [4.78, 5) is 11.1. The second-order valence-electron chi connectivity index (χ2n) is 2.78. The van der Waals surface area contributed by atoms with Crippen molar-refractivity contribution in [3.05, 3.63) is 0 Å². The summed E-state index contributed by atoms with van der Waals surface area (Å²) in [6.45, 7) is 2.83. The Bertz CT molecular complexity index is 154. The molecular formula is C7H13NO3. The molecule has 0 aromatic rings. The van der Waals surface area contributed by atoms with Crippen LogP contribution in [0.25, 0.3) is 0 Å². The van der Waals surface area contributed by atoms with E-state index in [0.717, 1.165) is 6.42 Å². The predicted octanol–water partition coefficient (Wildman–Crippen LogP) is -0.726. The first kappa shape index (κ1) is 8.49. The number of ether oxygens (including phenoxy) is 1. The molecule has 64 valence electrons. The van der Waals surface area contributed by atoms with E-state index in [0.29, 0.717) is 6.54 Å². The molecule has 0 aromatic carbocycles. The molecule has 4 heteroatoms. The second-order valence-corrected chi connectivity index (χ2v) is 2.78. The van der Waals surface area contributed by atoms with Crippen molar-refractivity contribution in [2.45, 2.75) is 18.9 Å². The highest BCUT2D eigenvalue weighted by Gasteiger charge is 2.43. The largest absolute Gasteiger partial charge is 0.376 e. The van der Waals surface area contributed by atoms with Crippen molar-refractivity contribution in [2.24, 2.45) is 0 Å². The maximum Gasteiger partial charge on any atom is 0.256 e. The summed E-state index contributed by atoms with van der Waals surface area (Å²) in [5, 5.41) is 12.0. The maximum absolute atomic E-state index is 11.1. The fourth-order valence-corrected chi connectivity index (χ4v) is 0.830. The molecule has 0 atom stereocenters. The van der Waals surface area contributed by atoms with Gasteiger partial charge in [-0.25, -0.2) is 0 Å². The van der Waals surface area contributed by atoms with E-state index in [9.17, 15) is 9.90 Å². The molecule has 1 amide bonds. The number of rotatable bonds is 3. The Hall–Kier alpha value is -0.610. The molecular weight excluding hydrogens is 146 g/mol. The summed E-state index contributed by atoms with van der Waals surface area (Å²) in [5.74, 6) is -0.314. The lowest BCUT2D eigenvalue weighted by atomic mass is 10.0. The van der Waals surface area contributed by atoms with Crippen LogP contribution in [0.2, 0.25) is 0 Å². The fourth-order valence-electron chi connectivity index (χ4n) is 0.830. The second kappa shape index (κ2) is 3.19. The van der Waals surface area contributed by atoms with Gasteiger partial charge in [-0.1, -0.05) is 6.92 Å². The van der Waals surface area contributed by atoms with E-state index in [1.54, 1.807) is 0 Å². The van der Waals surface area contributed by atoms with Gasteiger partial charge in [0.15, 0.2) is 5.60 Å². The molecule has 0 bridgehead atoms. The van der Waals surface area contributed by atoms with Crippen LogP contribution in [-0.4, -0.2) is 36.4 Å². The maximum atomic E-state index is 11.1. The summed E-state index contributed by atoms with van der Waals surface area (Å²) < 4.78 is 4.73. The van der Waals surface area contributed by atoms with Crippen molar-refractivity contribution >= 4 is 5.91 Å². The lowest BCUT2D eigenvalue weighted by Crippen LogP contribution is -2.60. The van der Waals surface area contributed by atoms with Gasteiger partial charge in [-0.2, -0.15) is 0 Å². The highest BCUT2D eigenvalue weighted by Crippen LogP contribution is 2.15. The number of carbonyl (C=O) groups is 1. The Kier molecular flexibility index (Phi) is 2.46. The van der Waals surface area contributed by atoms with Crippen LogP contribution in [-0.2, 0) is 9.53 Å². The molecule has 1 fully saturated rings. The summed E-state index contributed by atoms with van der Waals surface area (Å²) in [7, 11) is 0. The summed E-state index contributed by atoms with van der Waals surface area (Å²) >= 11 is 0. The Morgan fingerprint density at radius 2 is 2.36 bits per heavy atom. The van der Waals surface area contributed by atoms with Crippen LogP contribution in [0.3, 0.4) is 0 Å². The number of nitrogens with one attached hydrogen (secondary N) is 1. The van der Waals surface area contributed by atoms with Crippen molar-refractivity contribution in [2.75, 3.05) is 19.8 Å². The molecule has 0 aliphatic carbocycles. The topological polar surface area (TPSA) is 58.6 Å². The van der Waals surface area contributed by atoms with Crippen molar-refractivity contribution < 1.29 is 14.6 Å². The Labute approximate surface area is 65.5 Å². The first-order valence-corrected chi connectivity index (χ1v) is 3.77. The quantitative estimate of drug-likeness (QED) is 0.571. The molecule has 4 nitrogen and oxygen atoms in total. The van der Waals surface area contributed by atoms with Gasteiger partial charge in [0.25, 0.3) is 5.91 Å². The van der Waals surface area contributed by atoms with Crippen LogP contribution in [0.1, 0.15) is 13.3 Å². The molecule has 1 aliphatic heterocycles. The van der Waals surface area contributed by atoms with Crippen molar-refractivity contribution in [1.82, 2.24) is 5.32 Å². The molecule has 1 rings (SSSR count). The van der Waals surface area contributed by atoms with Gasteiger partial charge in [-0.05, 0) is 6.42 Å². The van der Waals surface area contributed by atoms with E-state index < -0.39 is 5.60 Å². The van der Waals surface area contributed by atoms with E-state index >= 15 is 0 Å². The summed E-state index contributed by atoms with van der Waals surface area (Å²) in [6.07, 6.45) is 0.878. The number of hydrogen-bond donors (Lipinski definition) is 2. The monoisotopic (exact) mass is 159 g/mol. The number of aliphatic hydroxyl groups is 1. The van der Waals surface area contributed by atoms with Crippen molar-refractivity contribution in [3.8, 4) is 0 Å². The molecule has 2 N–H and O–H groups in total. The first-order valence-electron chi connectivity index (χ1n) is 3.77. The zero-order valence-corrected chi connectivity index (χ0v) is 6.59. The molecule has 0 spiro atoms. The molecule has 1 heterocycles. The van der Waals surface area contributed by atoms with Gasteiger partial charge < -0.3 is 15.2 Å². The van der Waals surface area contributed by atoms with Crippen LogP contribution < -0.4 is 5.32 Å². The molecule has 1 saturated heterocycles. The Morgan fingerprint density at radius 3 is 2.73 bits per heavy atom. The predicted molar refractivity (Wildman–Crippen MR) is 39.1 cm³/mol. The average Bonchev–Trinajstić information content (AvgIpc) is 1.95. The van der Waals surface area contributed by atoms with Gasteiger partial charge in [0, 0.05) is 6.54 Å². The van der Waals surface area contributed by atoms with E-state index in [2.05, 4.69) is 5.32 Å². The van der Waals surface area contributed by atoms with Gasteiger partial charge in [-0.3, -0.25) is 4.79 Å².